The van der Waals surface area contributed by atoms with E-state index in [1.807, 2.05) is 0 Å². The first-order valence-corrected chi connectivity index (χ1v) is 3.72. The molecule has 0 aliphatic rings. The van der Waals surface area contributed by atoms with Crippen molar-refractivity contribution in [3.05, 3.63) is 29.6 Å². The molecular formula is C9H7F3O2. The lowest BCUT2D eigenvalue weighted by Gasteiger charge is -2.07. The monoisotopic (exact) mass is 204 g/mol. The number of methoxy groups -OCH3 is 1. The molecule has 0 amide bonds. The maximum Gasteiger partial charge on any atom is 0.300 e. The van der Waals surface area contributed by atoms with E-state index in [1.165, 1.54) is 19.2 Å². The third-order valence-corrected chi connectivity index (χ3v) is 1.64. The Morgan fingerprint density at radius 2 is 2.07 bits per heavy atom. The minimum Gasteiger partial charge on any atom is -0.496 e. The second kappa shape index (κ2) is 4.13. The van der Waals surface area contributed by atoms with Crippen molar-refractivity contribution in [1.29, 1.82) is 0 Å². The number of benzene rings is 1. The van der Waals surface area contributed by atoms with Gasteiger partial charge in [0.05, 0.1) is 7.11 Å². The van der Waals surface area contributed by atoms with Crippen LogP contribution in [0.1, 0.15) is 10.4 Å². The third kappa shape index (κ3) is 1.86. The molecule has 0 aromatic heterocycles. The molecule has 1 aromatic rings. The predicted molar refractivity (Wildman–Crippen MR) is 43.3 cm³/mol. The number of carbonyl (C=O) groups is 1. The van der Waals surface area contributed by atoms with Crippen molar-refractivity contribution in [2.24, 2.45) is 0 Å². The van der Waals surface area contributed by atoms with Gasteiger partial charge >= 0.3 is 6.43 Å². The number of hydrogen-bond donors (Lipinski definition) is 0. The minimum atomic E-state index is -3.24. The normalized spacial score (nSPS) is 10.4. The summed E-state index contributed by atoms with van der Waals surface area (Å²) in [5.41, 5.74) is -0.704. The van der Waals surface area contributed by atoms with Crippen molar-refractivity contribution in [3.8, 4) is 5.75 Å². The summed E-state index contributed by atoms with van der Waals surface area (Å²) < 4.78 is 41.7. The second-order valence-electron chi connectivity index (χ2n) is 2.48. The lowest BCUT2D eigenvalue weighted by Crippen LogP contribution is -2.13. The lowest BCUT2D eigenvalue weighted by molar-refractivity contribution is 0.0670. The van der Waals surface area contributed by atoms with Crippen molar-refractivity contribution in [1.82, 2.24) is 0 Å². The van der Waals surface area contributed by atoms with Crippen molar-refractivity contribution >= 4 is 5.78 Å². The highest BCUT2D eigenvalue weighted by atomic mass is 19.3. The van der Waals surface area contributed by atoms with Gasteiger partial charge in [-0.25, -0.2) is 13.2 Å². The molecule has 0 fully saturated rings. The molecule has 1 rings (SSSR count). The molecule has 0 N–H and O–H groups in total. The molecule has 1 aromatic carbocycles. The van der Waals surface area contributed by atoms with Gasteiger partial charge in [-0.05, 0) is 12.1 Å². The molecule has 14 heavy (non-hydrogen) atoms. The number of halogens is 3. The van der Waals surface area contributed by atoms with Gasteiger partial charge in [0.25, 0.3) is 0 Å². The molecule has 0 bridgehead atoms. The van der Waals surface area contributed by atoms with Crippen molar-refractivity contribution in [2.45, 2.75) is 6.43 Å². The van der Waals surface area contributed by atoms with Crippen LogP contribution < -0.4 is 4.74 Å². The Bertz CT molecular complexity index is 350. The molecule has 5 heteroatoms. The van der Waals surface area contributed by atoms with Crippen LogP contribution in [0.25, 0.3) is 0 Å². The average molecular weight is 204 g/mol. The van der Waals surface area contributed by atoms with E-state index in [1.54, 1.807) is 0 Å². The molecule has 0 aliphatic carbocycles. The number of Topliss-reactive ketones (excluding diaryl/α,β-unsaturated/α-hetero) is 1. The number of ketones is 1. The molecule has 0 saturated carbocycles. The van der Waals surface area contributed by atoms with Gasteiger partial charge in [0.15, 0.2) is 0 Å². The first-order chi connectivity index (χ1) is 6.57. The summed E-state index contributed by atoms with van der Waals surface area (Å²) in [6.45, 7) is 0. The van der Waals surface area contributed by atoms with E-state index in [4.69, 9.17) is 0 Å². The Morgan fingerprint density at radius 1 is 1.43 bits per heavy atom. The van der Waals surface area contributed by atoms with Crippen LogP contribution in [0.15, 0.2) is 18.2 Å². The van der Waals surface area contributed by atoms with Gasteiger partial charge in [-0.15, -0.1) is 0 Å². The van der Waals surface area contributed by atoms with Crippen LogP contribution in [-0.4, -0.2) is 19.3 Å². The zero-order chi connectivity index (χ0) is 10.7. The van der Waals surface area contributed by atoms with Gasteiger partial charge in [-0.2, -0.15) is 0 Å². The lowest BCUT2D eigenvalue weighted by atomic mass is 10.1. The van der Waals surface area contributed by atoms with Crippen LogP contribution in [0.2, 0.25) is 0 Å². The highest BCUT2D eigenvalue weighted by molar-refractivity contribution is 6.01. The molecule has 0 aliphatic heterocycles. The van der Waals surface area contributed by atoms with E-state index in [0.717, 1.165) is 6.07 Å². The molecule has 2 nitrogen and oxygen atoms in total. The van der Waals surface area contributed by atoms with Gasteiger partial charge in [0.1, 0.15) is 17.1 Å². The van der Waals surface area contributed by atoms with Crippen LogP contribution in [0.5, 0.6) is 5.75 Å². The maximum atomic E-state index is 13.0. The molecule has 0 atom stereocenters. The Balaban J connectivity index is 3.23. The van der Waals surface area contributed by atoms with Crippen LogP contribution in [0.3, 0.4) is 0 Å². The zero-order valence-electron chi connectivity index (χ0n) is 7.26. The first-order valence-electron chi connectivity index (χ1n) is 3.72. The van der Waals surface area contributed by atoms with Gasteiger partial charge < -0.3 is 4.74 Å². The van der Waals surface area contributed by atoms with E-state index < -0.39 is 23.6 Å². The Kier molecular flexibility index (Phi) is 3.11. The van der Waals surface area contributed by atoms with Gasteiger partial charge in [-0.3, -0.25) is 4.79 Å². The summed E-state index contributed by atoms with van der Waals surface area (Å²) in [4.78, 5) is 10.9. The van der Waals surface area contributed by atoms with Crippen molar-refractivity contribution in [2.75, 3.05) is 7.11 Å². The molecule has 0 radical (unpaired) electrons. The maximum absolute atomic E-state index is 13.0. The van der Waals surface area contributed by atoms with E-state index >= 15 is 0 Å². The van der Waals surface area contributed by atoms with Crippen LogP contribution >= 0.6 is 0 Å². The van der Waals surface area contributed by atoms with Crippen LogP contribution in [-0.2, 0) is 0 Å². The summed E-state index contributed by atoms with van der Waals surface area (Å²) in [5, 5.41) is 0. The van der Waals surface area contributed by atoms with Crippen molar-refractivity contribution in [3.63, 3.8) is 0 Å². The van der Waals surface area contributed by atoms with E-state index in [0.29, 0.717) is 0 Å². The highest BCUT2D eigenvalue weighted by Crippen LogP contribution is 2.23. The third-order valence-electron chi connectivity index (χ3n) is 1.64. The SMILES string of the molecule is COc1cccc(F)c1C(=O)C(F)F. The topological polar surface area (TPSA) is 26.3 Å². The fourth-order valence-corrected chi connectivity index (χ4v) is 1.02. The number of carbonyl (C=O) groups excluding carboxylic acids is 1. The molecule has 0 unspecified atom stereocenters. The van der Waals surface area contributed by atoms with E-state index in [9.17, 15) is 18.0 Å². The largest absolute Gasteiger partial charge is 0.496 e. The Morgan fingerprint density at radius 3 is 2.57 bits per heavy atom. The fourth-order valence-electron chi connectivity index (χ4n) is 1.02. The standard InChI is InChI=1S/C9H7F3O2/c1-14-6-4-2-3-5(10)7(6)8(13)9(11)12/h2-4,9H,1H3. The number of rotatable bonds is 3. The van der Waals surface area contributed by atoms with E-state index in [-0.39, 0.29) is 5.75 Å². The molecular weight excluding hydrogens is 197 g/mol. The van der Waals surface area contributed by atoms with Gasteiger partial charge in [0.2, 0.25) is 5.78 Å². The summed E-state index contributed by atoms with van der Waals surface area (Å²) in [6, 6.07) is 3.45. The number of ether oxygens (including phenoxy) is 1. The van der Waals surface area contributed by atoms with Crippen LogP contribution in [0, 0.1) is 5.82 Å². The predicted octanol–water partition coefficient (Wildman–Crippen LogP) is 2.28. The summed E-state index contributed by atoms with van der Waals surface area (Å²) in [5.74, 6) is -2.76. The number of hydrogen-bond acceptors (Lipinski definition) is 2. The summed E-state index contributed by atoms with van der Waals surface area (Å²) >= 11 is 0. The summed E-state index contributed by atoms with van der Waals surface area (Å²) in [6.07, 6.45) is -3.24. The minimum absolute atomic E-state index is 0.185. The second-order valence-corrected chi connectivity index (χ2v) is 2.48. The highest BCUT2D eigenvalue weighted by Gasteiger charge is 2.25. The fraction of sp³-hybridized carbons (Fsp3) is 0.222. The smallest absolute Gasteiger partial charge is 0.300 e. The van der Waals surface area contributed by atoms with Crippen molar-refractivity contribution < 1.29 is 22.7 Å². The zero-order valence-corrected chi connectivity index (χ0v) is 7.26. The van der Waals surface area contributed by atoms with Gasteiger partial charge in [-0.1, -0.05) is 6.07 Å². The Hall–Kier alpha value is -1.52. The molecule has 0 spiro atoms. The number of alkyl halides is 2. The van der Waals surface area contributed by atoms with Gasteiger partial charge in [0, 0.05) is 0 Å². The molecule has 76 valence electrons. The molecule has 0 saturated heterocycles. The first kappa shape index (κ1) is 10.6. The van der Waals surface area contributed by atoms with E-state index in [2.05, 4.69) is 4.74 Å². The quantitative estimate of drug-likeness (QED) is 0.706. The van der Waals surface area contributed by atoms with Crippen LogP contribution in [0.4, 0.5) is 13.2 Å². The average Bonchev–Trinajstić information content (AvgIpc) is 2.16. The summed E-state index contributed by atoms with van der Waals surface area (Å²) in [7, 11) is 1.18. The Labute approximate surface area is 78.3 Å². The molecule has 0 heterocycles.